The summed E-state index contributed by atoms with van der Waals surface area (Å²) >= 11 is 0. The van der Waals surface area contributed by atoms with Gasteiger partial charge in [-0.05, 0) is 53.6 Å². The summed E-state index contributed by atoms with van der Waals surface area (Å²) in [5, 5.41) is 10.4. The summed E-state index contributed by atoms with van der Waals surface area (Å²) in [6.45, 7) is -1.25. The number of ether oxygens (including phenoxy) is 3. The van der Waals surface area contributed by atoms with E-state index in [2.05, 4.69) is 9.47 Å². The zero-order valence-corrected chi connectivity index (χ0v) is 23.2. The van der Waals surface area contributed by atoms with Crippen molar-refractivity contribution in [3.8, 4) is 23.0 Å². The Bertz CT molecular complexity index is 1610. The highest BCUT2D eigenvalue weighted by molar-refractivity contribution is 5.55. The maximum absolute atomic E-state index is 14.0. The van der Waals surface area contributed by atoms with Crippen molar-refractivity contribution in [3.05, 3.63) is 114 Å². The third-order valence-electron chi connectivity index (χ3n) is 6.36. The van der Waals surface area contributed by atoms with E-state index in [1.165, 1.54) is 59.5 Å². The van der Waals surface area contributed by atoms with Crippen molar-refractivity contribution < 1.29 is 63.2 Å². The lowest BCUT2D eigenvalue weighted by Gasteiger charge is -2.35. The average molecular weight is 664 g/mol. The highest BCUT2D eigenvalue weighted by Crippen LogP contribution is 2.40. The first-order chi connectivity index (χ1) is 21.6. The molecule has 0 radical (unpaired) electrons. The molecule has 0 saturated heterocycles. The van der Waals surface area contributed by atoms with Gasteiger partial charge in [0.1, 0.15) is 23.0 Å². The van der Waals surface area contributed by atoms with Crippen LogP contribution in [0.4, 0.5) is 49.6 Å². The van der Waals surface area contributed by atoms with Crippen molar-refractivity contribution in [2.24, 2.45) is 0 Å². The van der Waals surface area contributed by atoms with Gasteiger partial charge in [0.15, 0.2) is 0 Å². The lowest BCUT2D eigenvalue weighted by molar-refractivity contribution is -0.274. The summed E-state index contributed by atoms with van der Waals surface area (Å²) in [6, 6.07) is 17.7. The molecule has 0 saturated carbocycles. The molecule has 1 N–H and O–H groups in total. The van der Waals surface area contributed by atoms with Crippen LogP contribution in [0, 0.1) is 0 Å². The number of benzene rings is 4. The molecule has 0 fully saturated rings. The molecule has 4 aromatic rings. The maximum atomic E-state index is 14.0. The molecule has 4 rings (SSSR count). The van der Waals surface area contributed by atoms with E-state index in [0.717, 1.165) is 42.5 Å². The first-order valence-electron chi connectivity index (χ1n) is 13.2. The quantitative estimate of drug-likeness (QED) is 0.153. The SMILES string of the molecule is OCC(c1ccccc1C(F)(F)F)N(Cc1cccc(OC(F)(F)C(F)F)c1)c1cccc(Oc2cccc(OC(F)(F)F)c2)c1. The molecule has 0 aliphatic rings. The molecule has 0 heterocycles. The van der Waals surface area contributed by atoms with Crippen LogP contribution in [0.25, 0.3) is 0 Å². The van der Waals surface area contributed by atoms with Gasteiger partial charge >= 0.3 is 25.1 Å². The van der Waals surface area contributed by atoms with Gasteiger partial charge in [0.05, 0.1) is 18.2 Å². The number of hydrogen-bond acceptors (Lipinski definition) is 5. The number of rotatable bonds is 12. The van der Waals surface area contributed by atoms with Gasteiger partial charge in [0.2, 0.25) is 0 Å². The van der Waals surface area contributed by atoms with Gasteiger partial charge in [0, 0.05) is 24.4 Å². The van der Waals surface area contributed by atoms with Gasteiger partial charge in [-0.25, -0.2) is 0 Å². The fourth-order valence-corrected chi connectivity index (χ4v) is 4.49. The number of halogens is 10. The number of anilines is 1. The smallest absolute Gasteiger partial charge is 0.457 e. The van der Waals surface area contributed by atoms with Crippen molar-refractivity contribution in [1.29, 1.82) is 0 Å². The first-order valence-corrected chi connectivity index (χ1v) is 13.2. The molecule has 1 atom stereocenters. The Morgan fingerprint density at radius 2 is 1.24 bits per heavy atom. The Morgan fingerprint density at radius 1 is 0.652 bits per heavy atom. The maximum Gasteiger partial charge on any atom is 0.573 e. The summed E-state index contributed by atoms with van der Waals surface area (Å²) in [5.41, 5.74) is -1.17. The second kappa shape index (κ2) is 13.8. The third kappa shape index (κ3) is 8.96. The highest BCUT2D eigenvalue weighted by atomic mass is 19.4. The minimum atomic E-state index is -4.97. The van der Waals surface area contributed by atoms with E-state index in [4.69, 9.17) is 4.74 Å². The molecular formula is C31H23F10NO4. The number of aliphatic hydroxyl groups excluding tert-OH is 1. The Morgan fingerprint density at radius 3 is 1.87 bits per heavy atom. The Balaban J connectivity index is 1.75. The van der Waals surface area contributed by atoms with Crippen LogP contribution in [0.15, 0.2) is 97.1 Å². The lowest BCUT2D eigenvalue weighted by Crippen LogP contribution is -2.34. The molecule has 0 bridgehead atoms. The number of alkyl halides is 10. The summed E-state index contributed by atoms with van der Waals surface area (Å²) in [5.74, 6) is -1.30. The Hall–Kier alpha value is -4.66. The van der Waals surface area contributed by atoms with Crippen molar-refractivity contribution in [1.82, 2.24) is 0 Å². The largest absolute Gasteiger partial charge is 0.573 e. The first kappa shape index (κ1) is 34.2. The van der Waals surface area contributed by atoms with E-state index in [1.54, 1.807) is 0 Å². The van der Waals surface area contributed by atoms with Gasteiger partial charge in [-0.15, -0.1) is 13.2 Å². The summed E-state index contributed by atoms with van der Waals surface area (Å²) in [7, 11) is 0. The summed E-state index contributed by atoms with van der Waals surface area (Å²) in [4.78, 5) is 1.28. The normalized spacial score (nSPS) is 13.0. The minimum absolute atomic E-state index is 0.0149. The molecule has 46 heavy (non-hydrogen) atoms. The molecule has 246 valence electrons. The van der Waals surface area contributed by atoms with Crippen LogP contribution in [-0.4, -0.2) is 30.6 Å². The van der Waals surface area contributed by atoms with E-state index >= 15 is 0 Å². The van der Waals surface area contributed by atoms with Gasteiger partial charge in [-0.3, -0.25) is 0 Å². The molecule has 0 aliphatic heterocycles. The second-order valence-electron chi connectivity index (χ2n) is 9.65. The predicted octanol–water partition coefficient (Wildman–Crippen LogP) is 9.37. The van der Waals surface area contributed by atoms with Crippen LogP contribution in [0.1, 0.15) is 22.7 Å². The predicted molar refractivity (Wildman–Crippen MR) is 145 cm³/mol. The van der Waals surface area contributed by atoms with Crippen LogP contribution < -0.4 is 19.1 Å². The lowest BCUT2D eigenvalue weighted by atomic mass is 9.97. The van der Waals surface area contributed by atoms with Crippen LogP contribution in [-0.2, 0) is 12.7 Å². The number of nitrogens with zero attached hydrogens (tertiary/aromatic N) is 1. The van der Waals surface area contributed by atoms with E-state index in [9.17, 15) is 49.0 Å². The Kier molecular flexibility index (Phi) is 10.2. The standard InChI is InChI=1S/C31H23F10NO4/c32-28(33)30(37,38)45-23-10-3-6-19(14-23)17-42(27(18-43)25-12-1-2-13-26(25)29(34,35)36)20-7-4-8-21(15-20)44-22-9-5-11-24(16-22)46-31(39,40)41/h1-16,27-28,43H,17-18H2. The fraction of sp³-hybridized carbons (Fsp3) is 0.226. The molecule has 4 aromatic carbocycles. The third-order valence-corrected chi connectivity index (χ3v) is 6.36. The Labute approximate surface area is 255 Å². The van der Waals surface area contributed by atoms with Gasteiger partial charge in [0.25, 0.3) is 0 Å². The topological polar surface area (TPSA) is 51.2 Å². The molecular weight excluding hydrogens is 640 g/mol. The van der Waals surface area contributed by atoms with Crippen molar-refractivity contribution >= 4 is 5.69 Å². The van der Waals surface area contributed by atoms with E-state index in [1.807, 2.05) is 0 Å². The van der Waals surface area contributed by atoms with E-state index in [-0.39, 0.29) is 34.9 Å². The number of hydrogen-bond donors (Lipinski definition) is 1. The monoisotopic (exact) mass is 663 g/mol. The molecule has 0 aliphatic carbocycles. The average Bonchev–Trinajstić information content (AvgIpc) is 2.96. The van der Waals surface area contributed by atoms with Crippen molar-refractivity contribution in [2.75, 3.05) is 11.5 Å². The van der Waals surface area contributed by atoms with Gasteiger partial charge < -0.3 is 24.2 Å². The summed E-state index contributed by atoms with van der Waals surface area (Å²) < 4.78 is 146. The molecule has 0 aromatic heterocycles. The molecule has 5 nitrogen and oxygen atoms in total. The van der Waals surface area contributed by atoms with Crippen molar-refractivity contribution in [2.45, 2.75) is 37.7 Å². The van der Waals surface area contributed by atoms with Crippen molar-refractivity contribution in [3.63, 3.8) is 0 Å². The summed E-state index contributed by atoms with van der Waals surface area (Å²) in [6.07, 6.45) is -18.8. The fourth-order valence-electron chi connectivity index (χ4n) is 4.49. The van der Waals surface area contributed by atoms with E-state index < -0.39 is 54.8 Å². The highest BCUT2D eigenvalue weighted by Gasteiger charge is 2.44. The van der Waals surface area contributed by atoms with Crippen LogP contribution >= 0.6 is 0 Å². The zero-order chi connectivity index (χ0) is 33.7. The molecule has 0 spiro atoms. The zero-order valence-electron chi connectivity index (χ0n) is 23.2. The molecule has 1 unspecified atom stereocenters. The van der Waals surface area contributed by atoms with E-state index in [0.29, 0.717) is 0 Å². The minimum Gasteiger partial charge on any atom is -0.457 e. The van der Waals surface area contributed by atoms with Crippen LogP contribution in [0.3, 0.4) is 0 Å². The molecule has 15 heteroatoms. The number of aliphatic hydroxyl groups is 1. The van der Waals surface area contributed by atoms with Gasteiger partial charge in [-0.2, -0.15) is 30.7 Å². The van der Waals surface area contributed by atoms with Crippen LogP contribution in [0.5, 0.6) is 23.0 Å². The molecule has 0 amide bonds. The second-order valence-corrected chi connectivity index (χ2v) is 9.65. The van der Waals surface area contributed by atoms with Crippen LogP contribution in [0.2, 0.25) is 0 Å². The van der Waals surface area contributed by atoms with Gasteiger partial charge in [-0.1, -0.05) is 42.5 Å².